The fourth-order valence-corrected chi connectivity index (χ4v) is 4.04. The van der Waals surface area contributed by atoms with Crippen molar-refractivity contribution >= 4 is 38.9 Å². The van der Waals surface area contributed by atoms with Crippen LogP contribution >= 0.6 is 38.9 Å². The number of halogens is 2. The molecule has 20 heavy (non-hydrogen) atoms. The molecule has 1 atom stereocenters. The summed E-state index contributed by atoms with van der Waals surface area (Å²) >= 11 is 11.6. The van der Waals surface area contributed by atoms with E-state index >= 15 is 0 Å². The highest BCUT2D eigenvalue weighted by atomic mass is 79.9. The van der Waals surface area contributed by atoms with Gasteiger partial charge in [0, 0.05) is 19.2 Å². The van der Waals surface area contributed by atoms with Gasteiger partial charge in [0.05, 0.1) is 6.04 Å². The van der Waals surface area contributed by atoms with Crippen LogP contribution in [0, 0.1) is 13.8 Å². The van der Waals surface area contributed by atoms with Gasteiger partial charge in [0.1, 0.15) is 0 Å². The molecule has 4 heteroatoms. The van der Waals surface area contributed by atoms with Crippen molar-refractivity contribution < 1.29 is 0 Å². The molecule has 0 amide bonds. The lowest BCUT2D eigenvalue weighted by molar-refractivity contribution is 0.603. The van der Waals surface area contributed by atoms with Gasteiger partial charge in [0.2, 0.25) is 0 Å². The molecule has 0 fully saturated rings. The molecule has 0 spiro atoms. The van der Waals surface area contributed by atoms with Crippen molar-refractivity contribution in [3.63, 3.8) is 0 Å². The maximum atomic E-state index is 6.19. The van der Waals surface area contributed by atoms with E-state index < -0.39 is 0 Å². The summed E-state index contributed by atoms with van der Waals surface area (Å²) in [6, 6.07) is 8.55. The molecule has 0 bridgehead atoms. The summed E-state index contributed by atoms with van der Waals surface area (Å²) in [5.74, 6) is 0. The first kappa shape index (κ1) is 16.0. The van der Waals surface area contributed by atoms with Gasteiger partial charge < -0.3 is 5.32 Å². The van der Waals surface area contributed by atoms with Gasteiger partial charge in [-0.05, 0) is 72.1 Å². The van der Waals surface area contributed by atoms with Crippen LogP contribution < -0.4 is 5.32 Å². The van der Waals surface area contributed by atoms with E-state index in [0.29, 0.717) is 0 Å². The van der Waals surface area contributed by atoms with Crippen LogP contribution in [0.25, 0.3) is 0 Å². The Kier molecular flexibility index (Phi) is 5.67. The van der Waals surface area contributed by atoms with E-state index in [0.717, 1.165) is 18.0 Å². The lowest BCUT2D eigenvalue weighted by Gasteiger charge is -2.20. The molecule has 1 nitrogen and oxygen atoms in total. The van der Waals surface area contributed by atoms with E-state index in [9.17, 15) is 0 Å². The van der Waals surface area contributed by atoms with Crippen molar-refractivity contribution in [3.05, 3.63) is 54.6 Å². The molecule has 0 aliphatic carbocycles. The molecule has 2 rings (SSSR count). The van der Waals surface area contributed by atoms with E-state index in [1.807, 2.05) is 17.4 Å². The molecule has 0 saturated carbocycles. The first-order chi connectivity index (χ1) is 9.52. The van der Waals surface area contributed by atoms with Crippen LogP contribution in [0.5, 0.6) is 0 Å². The Bertz CT molecular complexity index is 575. The van der Waals surface area contributed by atoms with Crippen molar-refractivity contribution in [3.8, 4) is 0 Å². The maximum Gasteiger partial charge on any atom is 0.0674 e. The maximum absolute atomic E-state index is 6.19. The second-order valence-corrected chi connectivity index (χ2v) is 7.52. The van der Waals surface area contributed by atoms with Crippen LogP contribution in [0.2, 0.25) is 5.02 Å². The SMILES string of the molecule is CCCNC(c1cc(Br)c(C)s1)c1cc(Cl)ccc1C. The lowest BCUT2D eigenvalue weighted by Crippen LogP contribution is -2.23. The van der Waals surface area contributed by atoms with E-state index in [1.165, 1.54) is 25.4 Å². The Hall–Kier alpha value is -0.350. The van der Waals surface area contributed by atoms with Gasteiger partial charge in [-0.15, -0.1) is 11.3 Å². The molecule has 1 heterocycles. The first-order valence-corrected chi connectivity index (χ1v) is 8.77. The number of hydrogen-bond donors (Lipinski definition) is 1. The molecular formula is C16H19BrClNS. The van der Waals surface area contributed by atoms with Crippen molar-refractivity contribution in [1.29, 1.82) is 0 Å². The van der Waals surface area contributed by atoms with Crippen molar-refractivity contribution in [2.24, 2.45) is 0 Å². The molecule has 1 N–H and O–H groups in total. The largest absolute Gasteiger partial charge is 0.306 e. The Morgan fingerprint density at radius 2 is 2.05 bits per heavy atom. The van der Waals surface area contributed by atoms with Gasteiger partial charge in [-0.3, -0.25) is 0 Å². The van der Waals surface area contributed by atoms with Gasteiger partial charge in [-0.25, -0.2) is 0 Å². The monoisotopic (exact) mass is 371 g/mol. The Balaban J connectivity index is 2.43. The van der Waals surface area contributed by atoms with Gasteiger partial charge >= 0.3 is 0 Å². The number of thiophene rings is 1. The van der Waals surface area contributed by atoms with E-state index in [1.54, 1.807) is 0 Å². The third kappa shape index (κ3) is 3.64. The highest BCUT2D eigenvalue weighted by molar-refractivity contribution is 9.10. The molecule has 0 aliphatic heterocycles. The summed E-state index contributed by atoms with van der Waals surface area (Å²) in [7, 11) is 0. The molecule has 0 saturated heterocycles. The van der Waals surface area contributed by atoms with Crippen LogP contribution in [-0.2, 0) is 0 Å². The zero-order valence-electron chi connectivity index (χ0n) is 12.0. The van der Waals surface area contributed by atoms with Gasteiger partial charge in [-0.1, -0.05) is 24.6 Å². The quantitative estimate of drug-likeness (QED) is 0.692. The van der Waals surface area contributed by atoms with E-state index in [4.69, 9.17) is 11.6 Å². The fraction of sp³-hybridized carbons (Fsp3) is 0.375. The summed E-state index contributed by atoms with van der Waals surface area (Å²) in [4.78, 5) is 2.64. The summed E-state index contributed by atoms with van der Waals surface area (Å²) in [6.45, 7) is 7.46. The number of hydrogen-bond acceptors (Lipinski definition) is 2. The van der Waals surface area contributed by atoms with Gasteiger partial charge in [0.25, 0.3) is 0 Å². The van der Waals surface area contributed by atoms with E-state index in [-0.39, 0.29) is 6.04 Å². The predicted octanol–water partition coefficient (Wildman–Crippen LogP) is 5.87. The number of nitrogens with one attached hydrogen (secondary N) is 1. The fourth-order valence-electron chi connectivity index (χ4n) is 2.20. The third-order valence-electron chi connectivity index (χ3n) is 3.31. The molecule has 0 radical (unpaired) electrons. The lowest BCUT2D eigenvalue weighted by atomic mass is 10.00. The summed E-state index contributed by atoms with van der Waals surface area (Å²) in [5, 5.41) is 4.43. The Morgan fingerprint density at radius 1 is 1.30 bits per heavy atom. The second kappa shape index (κ2) is 7.08. The summed E-state index contributed by atoms with van der Waals surface area (Å²) < 4.78 is 1.18. The van der Waals surface area contributed by atoms with Crippen molar-refractivity contribution in [2.45, 2.75) is 33.2 Å². The Morgan fingerprint density at radius 3 is 2.65 bits per heavy atom. The van der Waals surface area contributed by atoms with Crippen LogP contribution in [0.1, 0.15) is 40.3 Å². The molecule has 1 unspecified atom stereocenters. The molecule has 1 aromatic heterocycles. The van der Waals surface area contributed by atoms with Gasteiger partial charge in [0.15, 0.2) is 0 Å². The van der Waals surface area contributed by atoms with Crippen LogP contribution in [-0.4, -0.2) is 6.54 Å². The zero-order chi connectivity index (χ0) is 14.7. The summed E-state index contributed by atoms with van der Waals surface area (Å²) in [6.07, 6.45) is 1.11. The van der Waals surface area contributed by atoms with Crippen LogP contribution in [0.4, 0.5) is 0 Å². The molecule has 0 aliphatic rings. The number of aryl methyl sites for hydroxylation is 2. The van der Waals surface area contributed by atoms with Crippen molar-refractivity contribution in [1.82, 2.24) is 5.32 Å². The Labute approximate surface area is 138 Å². The number of benzene rings is 1. The average Bonchev–Trinajstić information content (AvgIpc) is 2.74. The summed E-state index contributed by atoms with van der Waals surface area (Å²) in [5.41, 5.74) is 2.53. The number of rotatable bonds is 5. The highest BCUT2D eigenvalue weighted by Gasteiger charge is 2.19. The molecule has 2 aromatic rings. The molecule has 1 aromatic carbocycles. The third-order valence-corrected chi connectivity index (χ3v) is 5.75. The molecule has 108 valence electrons. The highest BCUT2D eigenvalue weighted by Crippen LogP contribution is 2.35. The standard InChI is InChI=1S/C16H19BrClNS/c1-4-7-19-16(15-9-14(17)11(3)20-15)13-8-12(18)6-5-10(13)2/h5-6,8-9,16,19H,4,7H2,1-3H3. The predicted molar refractivity (Wildman–Crippen MR) is 93.1 cm³/mol. The smallest absolute Gasteiger partial charge is 0.0674 e. The van der Waals surface area contributed by atoms with Crippen LogP contribution in [0.3, 0.4) is 0 Å². The van der Waals surface area contributed by atoms with E-state index in [2.05, 4.69) is 60.2 Å². The molecular weight excluding hydrogens is 354 g/mol. The average molecular weight is 373 g/mol. The van der Waals surface area contributed by atoms with Crippen molar-refractivity contribution in [2.75, 3.05) is 6.54 Å². The second-order valence-electron chi connectivity index (χ2n) is 4.94. The minimum Gasteiger partial charge on any atom is -0.306 e. The van der Waals surface area contributed by atoms with Gasteiger partial charge in [-0.2, -0.15) is 0 Å². The first-order valence-electron chi connectivity index (χ1n) is 6.78. The zero-order valence-corrected chi connectivity index (χ0v) is 15.1. The minimum absolute atomic E-state index is 0.212. The minimum atomic E-state index is 0.212. The topological polar surface area (TPSA) is 12.0 Å². The van der Waals surface area contributed by atoms with Crippen LogP contribution in [0.15, 0.2) is 28.7 Å². The normalized spacial score (nSPS) is 12.7.